The molecule has 0 aromatic heterocycles. The molecule has 0 atom stereocenters. The number of ether oxygens (including phenoxy) is 2. The summed E-state index contributed by atoms with van der Waals surface area (Å²) in [6.45, 7) is 0.890. The smallest absolute Gasteiger partial charge is 0.416 e. The van der Waals surface area contributed by atoms with Crippen molar-refractivity contribution in [3.63, 3.8) is 0 Å². The van der Waals surface area contributed by atoms with E-state index < -0.39 is 17.6 Å². The summed E-state index contributed by atoms with van der Waals surface area (Å²) in [4.78, 5) is 26.2. The number of nitrogens with zero attached hydrogens (tertiary/aromatic N) is 1. The number of halogens is 3. The van der Waals surface area contributed by atoms with Gasteiger partial charge in [-0.15, -0.1) is 0 Å². The van der Waals surface area contributed by atoms with E-state index in [1.807, 2.05) is 0 Å². The first-order chi connectivity index (χ1) is 14.3. The van der Waals surface area contributed by atoms with Crippen LogP contribution >= 0.6 is 0 Å². The van der Waals surface area contributed by atoms with Gasteiger partial charge in [0.15, 0.2) is 6.61 Å². The van der Waals surface area contributed by atoms with Crippen LogP contribution in [0, 0.1) is 0 Å². The second-order valence-corrected chi connectivity index (χ2v) is 6.80. The van der Waals surface area contributed by atoms with Gasteiger partial charge in [-0.25, -0.2) is 0 Å². The lowest BCUT2D eigenvalue weighted by atomic mass is 10.1. The van der Waals surface area contributed by atoms with E-state index in [4.69, 9.17) is 9.47 Å². The van der Waals surface area contributed by atoms with E-state index in [1.165, 1.54) is 12.1 Å². The number of fused-ring (bicyclic) bond motifs is 1. The lowest BCUT2D eigenvalue weighted by molar-refractivity contribution is -0.137. The average Bonchev–Trinajstić information content (AvgIpc) is 2.88. The second-order valence-electron chi connectivity index (χ2n) is 6.80. The molecule has 2 amide bonds. The Morgan fingerprint density at radius 3 is 2.77 bits per heavy atom. The normalized spacial score (nSPS) is 14.0. The molecule has 30 heavy (non-hydrogen) atoms. The minimum absolute atomic E-state index is 0.0468. The Balaban J connectivity index is 1.70. The van der Waals surface area contributed by atoms with Crippen LogP contribution in [0.1, 0.15) is 27.0 Å². The fraction of sp³-hybridized carbons (Fsp3) is 0.333. The van der Waals surface area contributed by atoms with Crippen molar-refractivity contribution >= 4 is 11.8 Å². The van der Waals surface area contributed by atoms with Crippen LogP contribution in [0.3, 0.4) is 0 Å². The summed E-state index contributed by atoms with van der Waals surface area (Å²) in [5, 5.41) is 2.62. The molecule has 0 aliphatic carbocycles. The van der Waals surface area contributed by atoms with E-state index in [1.54, 1.807) is 30.2 Å². The Hall–Kier alpha value is -3.07. The first-order valence-corrected chi connectivity index (χ1v) is 9.24. The molecule has 1 aliphatic heterocycles. The molecular weight excluding hydrogens is 401 g/mol. The predicted molar refractivity (Wildman–Crippen MR) is 102 cm³/mol. The van der Waals surface area contributed by atoms with Crippen molar-refractivity contribution in [2.45, 2.75) is 19.3 Å². The van der Waals surface area contributed by atoms with Gasteiger partial charge in [-0.2, -0.15) is 13.2 Å². The molecule has 3 rings (SSSR count). The highest BCUT2D eigenvalue weighted by atomic mass is 19.4. The Morgan fingerprint density at radius 1 is 1.23 bits per heavy atom. The molecule has 160 valence electrons. The Kier molecular flexibility index (Phi) is 6.61. The third kappa shape index (κ3) is 5.29. The number of benzene rings is 2. The van der Waals surface area contributed by atoms with Gasteiger partial charge < -0.3 is 19.7 Å². The molecule has 6 nitrogen and oxygen atoms in total. The molecule has 0 bridgehead atoms. The lowest BCUT2D eigenvalue weighted by Crippen LogP contribution is -2.34. The second kappa shape index (κ2) is 9.17. The highest BCUT2D eigenvalue weighted by Gasteiger charge is 2.30. The number of rotatable bonds is 6. The maximum absolute atomic E-state index is 12.8. The molecule has 0 saturated heterocycles. The number of amides is 2. The molecule has 1 aliphatic rings. The summed E-state index contributed by atoms with van der Waals surface area (Å²) in [7, 11) is 1.54. The van der Waals surface area contributed by atoms with Gasteiger partial charge in [-0.3, -0.25) is 9.59 Å². The number of hydrogen-bond acceptors (Lipinski definition) is 4. The van der Waals surface area contributed by atoms with Crippen molar-refractivity contribution in [2.24, 2.45) is 0 Å². The van der Waals surface area contributed by atoms with Gasteiger partial charge >= 0.3 is 6.18 Å². The zero-order chi connectivity index (χ0) is 21.7. The number of carbonyl (C=O) groups is 2. The van der Waals surface area contributed by atoms with Crippen molar-refractivity contribution in [3.05, 3.63) is 64.7 Å². The highest BCUT2D eigenvalue weighted by molar-refractivity contribution is 5.94. The largest absolute Gasteiger partial charge is 0.483 e. The molecular formula is C21H21F3N2O4. The summed E-state index contributed by atoms with van der Waals surface area (Å²) in [6, 6.07) is 9.58. The SMILES string of the molecule is COCCN1Cc2cc(C(=O)NCc3cccc(C(F)(F)F)c3)ccc2OCC1=O. The van der Waals surface area contributed by atoms with Crippen LogP contribution in [0.25, 0.3) is 0 Å². The van der Waals surface area contributed by atoms with Crippen LogP contribution in [0.2, 0.25) is 0 Å². The Bertz CT molecular complexity index is 931. The van der Waals surface area contributed by atoms with Crippen molar-refractivity contribution in [1.82, 2.24) is 10.2 Å². The van der Waals surface area contributed by atoms with E-state index in [0.717, 1.165) is 12.1 Å². The standard InChI is InChI=1S/C21H21F3N2O4/c1-29-8-7-26-12-16-10-15(5-6-18(16)30-13-19(26)27)20(28)25-11-14-3-2-4-17(9-14)21(22,23)24/h2-6,9-10H,7-8,11-13H2,1H3,(H,25,28). The Morgan fingerprint density at radius 2 is 2.03 bits per heavy atom. The molecule has 0 spiro atoms. The monoisotopic (exact) mass is 422 g/mol. The number of carbonyl (C=O) groups excluding carboxylic acids is 2. The molecule has 0 unspecified atom stereocenters. The van der Waals surface area contributed by atoms with Crippen LogP contribution in [-0.4, -0.2) is 43.6 Å². The van der Waals surface area contributed by atoms with E-state index in [0.29, 0.717) is 35.6 Å². The molecule has 2 aromatic carbocycles. The highest BCUT2D eigenvalue weighted by Crippen LogP contribution is 2.29. The van der Waals surface area contributed by atoms with Gasteiger partial charge in [-0.05, 0) is 35.9 Å². The van der Waals surface area contributed by atoms with Crippen LogP contribution in [0.4, 0.5) is 13.2 Å². The molecule has 9 heteroatoms. The van der Waals surface area contributed by atoms with Gasteiger partial charge in [0.25, 0.3) is 11.8 Å². The summed E-state index contributed by atoms with van der Waals surface area (Å²) in [6.07, 6.45) is -4.44. The van der Waals surface area contributed by atoms with Gasteiger partial charge in [-0.1, -0.05) is 12.1 Å². The molecule has 0 fully saturated rings. The van der Waals surface area contributed by atoms with Crippen molar-refractivity contribution in [1.29, 1.82) is 0 Å². The topological polar surface area (TPSA) is 67.9 Å². The fourth-order valence-corrected chi connectivity index (χ4v) is 3.06. The quantitative estimate of drug-likeness (QED) is 0.777. The van der Waals surface area contributed by atoms with E-state index >= 15 is 0 Å². The first-order valence-electron chi connectivity index (χ1n) is 9.24. The predicted octanol–water partition coefficient (Wildman–Crippen LogP) is 3.00. The summed E-state index contributed by atoms with van der Waals surface area (Å²) in [5.74, 6) is -0.106. The Labute approximate surface area is 171 Å². The third-order valence-corrected chi connectivity index (χ3v) is 4.66. The summed E-state index contributed by atoms with van der Waals surface area (Å²) < 4.78 is 49.0. The number of alkyl halides is 3. The number of methoxy groups -OCH3 is 1. The van der Waals surface area contributed by atoms with Crippen LogP contribution in [0.5, 0.6) is 5.75 Å². The maximum Gasteiger partial charge on any atom is 0.416 e. The minimum atomic E-state index is -4.44. The molecule has 1 N–H and O–H groups in total. The van der Waals surface area contributed by atoms with Gasteiger partial charge in [0.05, 0.1) is 12.2 Å². The van der Waals surface area contributed by atoms with Gasteiger partial charge in [0.1, 0.15) is 5.75 Å². The van der Waals surface area contributed by atoms with Crippen LogP contribution in [0.15, 0.2) is 42.5 Å². The maximum atomic E-state index is 12.8. The van der Waals surface area contributed by atoms with E-state index in [9.17, 15) is 22.8 Å². The minimum Gasteiger partial charge on any atom is -0.483 e. The molecule has 0 radical (unpaired) electrons. The van der Waals surface area contributed by atoms with Gasteiger partial charge in [0.2, 0.25) is 0 Å². The van der Waals surface area contributed by atoms with Crippen molar-refractivity contribution in [2.75, 3.05) is 26.9 Å². The third-order valence-electron chi connectivity index (χ3n) is 4.66. The van der Waals surface area contributed by atoms with Crippen LogP contribution in [-0.2, 0) is 28.8 Å². The molecule has 0 saturated carbocycles. The fourth-order valence-electron chi connectivity index (χ4n) is 3.06. The first kappa shape index (κ1) is 21.6. The molecule has 1 heterocycles. The van der Waals surface area contributed by atoms with Crippen LogP contribution < -0.4 is 10.1 Å². The molecule has 2 aromatic rings. The zero-order valence-corrected chi connectivity index (χ0v) is 16.3. The number of nitrogens with one attached hydrogen (secondary N) is 1. The summed E-state index contributed by atoms with van der Waals surface area (Å²) >= 11 is 0. The van der Waals surface area contributed by atoms with Crippen molar-refractivity contribution in [3.8, 4) is 5.75 Å². The van der Waals surface area contributed by atoms with E-state index in [2.05, 4.69) is 5.32 Å². The average molecular weight is 422 g/mol. The summed E-state index contributed by atoms with van der Waals surface area (Å²) in [5.41, 5.74) is 0.568. The van der Waals surface area contributed by atoms with Crippen molar-refractivity contribution < 1.29 is 32.2 Å². The van der Waals surface area contributed by atoms with Gasteiger partial charge in [0, 0.05) is 37.9 Å². The van der Waals surface area contributed by atoms with E-state index in [-0.39, 0.29) is 25.6 Å². The number of hydrogen-bond donors (Lipinski definition) is 1. The zero-order valence-electron chi connectivity index (χ0n) is 16.3. The lowest BCUT2D eigenvalue weighted by Gasteiger charge is -2.19.